The van der Waals surface area contributed by atoms with Crippen molar-refractivity contribution in [2.45, 2.75) is 51.8 Å². The van der Waals surface area contributed by atoms with Gasteiger partial charge >= 0.3 is 0 Å². The van der Waals surface area contributed by atoms with Crippen LogP contribution in [0.15, 0.2) is 76.3 Å². The van der Waals surface area contributed by atoms with E-state index < -0.39 is 0 Å². The van der Waals surface area contributed by atoms with Crippen LogP contribution in [-0.4, -0.2) is 10.7 Å². The summed E-state index contributed by atoms with van der Waals surface area (Å²) in [5, 5.41) is 7.23. The first-order chi connectivity index (χ1) is 14.8. The van der Waals surface area contributed by atoms with Gasteiger partial charge in [-0.15, -0.1) is 0 Å². The Balaban J connectivity index is 1.56. The molecule has 2 aliphatic rings. The Hall–Kier alpha value is -2.59. The van der Waals surface area contributed by atoms with Crippen molar-refractivity contribution >= 4 is 21.6 Å². The largest absolute Gasteiger partial charge is 0.464 e. The molecule has 0 bridgehead atoms. The van der Waals surface area contributed by atoms with Gasteiger partial charge in [0.05, 0.1) is 11.8 Å². The summed E-state index contributed by atoms with van der Waals surface area (Å²) in [6.07, 6.45) is 0.627. The number of halogens is 1. The van der Waals surface area contributed by atoms with Crippen LogP contribution >= 0.6 is 15.9 Å². The van der Waals surface area contributed by atoms with E-state index in [0.717, 1.165) is 27.9 Å². The number of aryl methyl sites for hydroxylation is 1. The first kappa shape index (κ1) is 20.3. The van der Waals surface area contributed by atoms with Crippen LogP contribution in [0.4, 0.5) is 0 Å². The van der Waals surface area contributed by atoms with E-state index in [-0.39, 0.29) is 17.7 Å². The van der Waals surface area contributed by atoms with Crippen LogP contribution in [0, 0.1) is 6.92 Å². The molecule has 0 aliphatic carbocycles. The summed E-state index contributed by atoms with van der Waals surface area (Å²) in [6, 6.07) is 23.9. The molecule has 0 saturated carbocycles. The quantitative estimate of drug-likeness (QED) is 0.389. The Morgan fingerprint density at radius 2 is 1.68 bits per heavy atom. The molecular formula is C27H27BrN2O. The summed E-state index contributed by atoms with van der Waals surface area (Å²) < 4.78 is 7.58. The molecule has 4 heteroatoms. The third-order valence-corrected chi connectivity index (χ3v) is 6.69. The molecule has 0 amide bonds. The third-order valence-electron chi connectivity index (χ3n) is 6.20. The topological polar surface area (TPSA) is 24.8 Å². The van der Waals surface area contributed by atoms with Gasteiger partial charge in [-0.2, -0.15) is 5.10 Å². The molecule has 0 fully saturated rings. The van der Waals surface area contributed by atoms with Crippen molar-refractivity contribution in [2.75, 3.05) is 0 Å². The second kappa shape index (κ2) is 7.52. The molecule has 2 aliphatic heterocycles. The number of fused-ring (bicyclic) bond motifs is 3. The summed E-state index contributed by atoms with van der Waals surface area (Å²) in [5.74, 6) is 0.940. The van der Waals surface area contributed by atoms with Gasteiger partial charge in [-0.3, -0.25) is 0 Å². The van der Waals surface area contributed by atoms with Gasteiger partial charge < -0.3 is 4.74 Å². The van der Waals surface area contributed by atoms with E-state index in [9.17, 15) is 0 Å². The van der Waals surface area contributed by atoms with Gasteiger partial charge in [0.25, 0.3) is 0 Å². The zero-order chi connectivity index (χ0) is 21.8. The molecule has 5 rings (SSSR count). The highest BCUT2D eigenvalue weighted by Crippen LogP contribution is 2.48. The van der Waals surface area contributed by atoms with Crippen molar-refractivity contribution in [2.24, 2.45) is 5.10 Å². The van der Waals surface area contributed by atoms with Gasteiger partial charge in [-0.25, -0.2) is 5.01 Å². The molecule has 2 heterocycles. The van der Waals surface area contributed by atoms with Crippen molar-refractivity contribution in [3.05, 3.63) is 99.0 Å². The third kappa shape index (κ3) is 3.78. The van der Waals surface area contributed by atoms with E-state index in [1.165, 1.54) is 22.3 Å². The molecule has 158 valence electrons. The molecule has 0 saturated heterocycles. The lowest BCUT2D eigenvalue weighted by Crippen LogP contribution is -2.33. The Morgan fingerprint density at radius 3 is 2.35 bits per heavy atom. The molecule has 0 radical (unpaired) electrons. The number of hydrogen-bond donors (Lipinski definition) is 0. The number of hydrazone groups is 1. The van der Waals surface area contributed by atoms with Gasteiger partial charge in [0.1, 0.15) is 5.75 Å². The number of ether oxygens (including phenoxy) is 1. The molecule has 0 N–H and O–H groups in total. The number of benzene rings is 3. The molecule has 2 atom stereocenters. The Labute approximate surface area is 192 Å². The molecule has 2 unspecified atom stereocenters. The van der Waals surface area contributed by atoms with Crippen LogP contribution in [0.2, 0.25) is 0 Å². The lowest BCUT2D eigenvalue weighted by atomic mass is 9.86. The van der Waals surface area contributed by atoms with Gasteiger partial charge in [0.2, 0.25) is 6.23 Å². The Kier molecular flexibility index (Phi) is 4.93. The zero-order valence-corrected chi connectivity index (χ0v) is 20.0. The first-order valence-corrected chi connectivity index (χ1v) is 11.6. The van der Waals surface area contributed by atoms with E-state index in [2.05, 4.69) is 109 Å². The lowest BCUT2D eigenvalue weighted by molar-refractivity contribution is -0.0191. The van der Waals surface area contributed by atoms with E-state index in [1.54, 1.807) is 0 Å². The van der Waals surface area contributed by atoms with Crippen molar-refractivity contribution < 1.29 is 4.74 Å². The first-order valence-electron chi connectivity index (χ1n) is 10.8. The molecule has 0 spiro atoms. The number of rotatable bonds is 2. The van der Waals surface area contributed by atoms with Crippen molar-refractivity contribution in [3.8, 4) is 5.75 Å². The standard InChI is InChI=1S/C27H27BrN2O/c1-17-5-7-18(8-6-17)23-16-24-22-15-21(28)13-14-25(22)31-26(30(24)29-23)19-9-11-20(12-10-19)27(2,3)4/h5-15,24,26H,16H2,1-4H3. The minimum Gasteiger partial charge on any atom is -0.464 e. The van der Waals surface area contributed by atoms with Gasteiger partial charge in [0.15, 0.2) is 0 Å². The summed E-state index contributed by atoms with van der Waals surface area (Å²) in [6.45, 7) is 8.83. The number of nitrogens with zero attached hydrogens (tertiary/aromatic N) is 2. The minimum atomic E-state index is -0.240. The fourth-order valence-corrected chi connectivity index (χ4v) is 4.73. The lowest BCUT2D eigenvalue weighted by Gasteiger charge is -2.38. The average Bonchev–Trinajstić information content (AvgIpc) is 3.19. The highest BCUT2D eigenvalue weighted by Gasteiger charge is 2.41. The van der Waals surface area contributed by atoms with Gasteiger partial charge in [0, 0.05) is 22.0 Å². The predicted octanol–water partition coefficient (Wildman–Crippen LogP) is 7.30. The van der Waals surface area contributed by atoms with Gasteiger partial charge in [-0.1, -0.05) is 90.8 Å². The maximum Gasteiger partial charge on any atom is 0.213 e. The molecular weight excluding hydrogens is 448 g/mol. The van der Waals surface area contributed by atoms with Crippen LogP contribution in [0.1, 0.15) is 67.3 Å². The average molecular weight is 475 g/mol. The molecule has 3 aromatic rings. The summed E-state index contributed by atoms with van der Waals surface area (Å²) in [4.78, 5) is 0. The van der Waals surface area contributed by atoms with Crippen molar-refractivity contribution in [1.82, 2.24) is 5.01 Å². The van der Waals surface area contributed by atoms with E-state index in [0.29, 0.717) is 0 Å². The Bertz CT molecular complexity index is 1140. The monoisotopic (exact) mass is 474 g/mol. The van der Waals surface area contributed by atoms with E-state index >= 15 is 0 Å². The summed E-state index contributed by atoms with van der Waals surface area (Å²) >= 11 is 3.63. The maximum absolute atomic E-state index is 6.51. The van der Waals surface area contributed by atoms with Crippen molar-refractivity contribution in [3.63, 3.8) is 0 Å². The van der Waals surface area contributed by atoms with Crippen LogP contribution in [0.25, 0.3) is 0 Å². The second-order valence-corrected chi connectivity index (χ2v) is 10.5. The fraction of sp³-hybridized carbons (Fsp3) is 0.296. The molecule has 3 aromatic carbocycles. The van der Waals surface area contributed by atoms with E-state index in [1.807, 2.05) is 6.07 Å². The van der Waals surface area contributed by atoms with Crippen molar-refractivity contribution in [1.29, 1.82) is 0 Å². The highest BCUT2D eigenvalue weighted by molar-refractivity contribution is 9.10. The second-order valence-electron chi connectivity index (χ2n) is 9.54. The fourth-order valence-electron chi connectivity index (χ4n) is 4.35. The van der Waals surface area contributed by atoms with Gasteiger partial charge in [-0.05, 0) is 41.7 Å². The predicted molar refractivity (Wildman–Crippen MR) is 130 cm³/mol. The van der Waals surface area contributed by atoms with Crippen LogP contribution in [0.5, 0.6) is 5.75 Å². The minimum absolute atomic E-state index is 0.123. The molecule has 0 aromatic heterocycles. The molecule has 3 nitrogen and oxygen atoms in total. The summed E-state index contributed by atoms with van der Waals surface area (Å²) in [5.41, 5.74) is 7.30. The summed E-state index contributed by atoms with van der Waals surface area (Å²) in [7, 11) is 0. The number of hydrogen-bond acceptors (Lipinski definition) is 3. The van der Waals surface area contributed by atoms with Crippen LogP contribution in [0.3, 0.4) is 0 Å². The van der Waals surface area contributed by atoms with E-state index in [4.69, 9.17) is 9.84 Å². The smallest absolute Gasteiger partial charge is 0.213 e. The Morgan fingerprint density at radius 1 is 0.968 bits per heavy atom. The highest BCUT2D eigenvalue weighted by atomic mass is 79.9. The zero-order valence-electron chi connectivity index (χ0n) is 18.4. The maximum atomic E-state index is 6.51. The SMILES string of the molecule is Cc1ccc(C2=NN3C(C2)c2cc(Br)ccc2OC3c2ccc(C(C)(C)C)cc2)cc1. The molecule has 31 heavy (non-hydrogen) atoms. The van der Waals surface area contributed by atoms with Crippen LogP contribution < -0.4 is 4.74 Å². The van der Waals surface area contributed by atoms with Crippen LogP contribution in [-0.2, 0) is 5.41 Å². The normalized spacial score (nSPS) is 20.0.